The van der Waals surface area contributed by atoms with E-state index in [2.05, 4.69) is 39.0 Å². The normalized spacial score (nSPS) is 18.2. The minimum atomic E-state index is -0.718. The predicted molar refractivity (Wildman–Crippen MR) is 117 cm³/mol. The zero-order valence-electron chi connectivity index (χ0n) is 16.9. The van der Waals surface area contributed by atoms with E-state index in [0.29, 0.717) is 19.8 Å². The Labute approximate surface area is 180 Å². The lowest BCUT2D eigenvalue weighted by atomic mass is 9.91. The van der Waals surface area contributed by atoms with Crippen LogP contribution in [0.15, 0.2) is 46.9 Å². The maximum atomic E-state index is 11.6. The SMILES string of the molecule is CCOc1ccc(C(c2cccc(Br)c2)N2CCCC(C(=O)O)C2)cc1OCC. The highest BCUT2D eigenvalue weighted by Gasteiger charge is 2.31. The fourth-order valence-corrected chi connectivity index (χ4v) is 4.39. The molecule has 1 N–H and O–H groups in total. The molecule has 2 atom stereocenters. The van der Waals surface area contributed by atoms with Crippen LogP contribution in [0.5, 0.6) is 11.5 Å². The number of nitrogens with zero attached hydrogens (tertiary/aromatic N) is 1. The highest BCUT2D eigenvalue weighted by molar-refractivity contribution is 9.10. The quantitative estimate of drug-likeness (QED) is 0.589. The van der Waals surface area contributed by atoms with Crippen LogP contribution in [-0.2, 0) is 4.79 Å². The fourth-order valence-electron chi connectivity index (χ4n) is 3.97. The topological polar surface area (TPSA) is 59.0 Å². The van der Waals surface area contributed by atoms with Crippen LogP contribution in [0.3, 0.4) is 0 Å². The number of carboxylic acid groups (broad SMARTS) is 1. The first-order valence-corrected chi connectivity index (χ1v) is 10.9. The van der Waals surface area contributed by atoms with Gasteiger partial charge in [-0.3, -0.25) is 9.69 Å². The maximum Gasteiger partial charge on any atom is 0.307 e. The van der Waals surface area contributed by atoms with Gasteiger partial charge in [0.2, 0.25) is 0 Å². The number of halogens is 1. The van der Waals surface area contributed by atoms with Crippen molar-refractivity contribution in [2.45, 2.75) is 32.7 Å². The summed E-state index contributed by atoms with van der Waals surface area (Å²) in [6, 6.07) is 14.2. The molecule has 0 aliphatic carbocycles. The van der Waals surface area contributed by atoms with Gasteiger partial charge in [0, 0.05) is 11.0 Å². The average Bonchev–Trinajstić information content (AvgIpc) is 2.71. The smallest absolute Gasteiger partial charge is 0.307 e. The molecular weight excluding hydrogens is 434 g/mol. The van der Waals surface area contributed by atoms with Crippen molar-refractivity contribution in [3.63, 3.8) is 0 Å². The summed E-state index contributed by atoms with van der Waals surface area (Å²) in [5, 5.41) is 9.56. The van der Waals surface area contributed by atoms with E-state index in [9.17, 15) is 9.90 Å². The van der Waals surface area contributed by atoms with E-state index in [-0.39, 0.29) is 12.0 Å². The summed E-state index contributed by atoms with van der Waals surface area (Å²) >= 11 is 3.58. The number of likely N-dealkylation sites (tertiary alicyclic amines) is 1. The summed E-state index contributed by atoms with van der Waals surface area (Å²) in [7, 11) is 0. The minimum absolute atomic E-state index is 0.0514. The molecule has 3 rings (SSSR count). The molecule has 1 saturated heterocycles. The van der Waals surface area contributed by atoms with Gasteiger partial charge in [-0.2, -0.15) is 0 Å². The Morgan fingerprint density at radius 3 is 2.55 bits per heavy atom. The van der Waals surface area contributed by atoms with Crippen LogP contribution >= 0.6 is 15.9 Å². The number of rotatable bonds is 8. The second kappa shape index (κ2) is 10.1. The molecule has 1 aliphatic heterocycles. The summed E-state index contributed by atoms with van der Waals surface area (Å²) < 4.78 is 12.6. The first kappa shape index (κ1) is 21.7. The summed E-state index contributed by atoms with van der Waals surface area (Å²) in [6.07, 6.45) is 1.60. The Morgan fingerprint density at radius 2 is 1.86 bits per heavy atom. The first-order valence-electron chi connectivity index (χ1n) is 10.1. The van der Waals surface area contributed by atoms with Gasteiger partial charge in [-0.1, -0.05) is 34.1 Å². The summed E-state index contributed by atoms with van der Waals surface area (Å²) in [5.74, 6) is 0.392. The highest BCUT2D eigenvalue weighted by Crippen LogP contribution is 2.38. The molecule has 0 amide bonds. The van der Waals surface area contributed by atoms with Crippen molar-refractivity contribution >= 4 is 21.9 Å². The molecule has 29 heavy (non-hydrogen) atoms. The molecule has 156 valence electrons. The molecule has 5 nitrogen and oxygen atoms in total. The van der Waals surface area contributed by atoms with Crippen molar-refractivity contribution in [3.05, 3.63) is 58.1 Å². The average molecular weight is 462 g/mol. The zero-order chi connectivity index (χ0) is 20.8. The van der Waals surface area contributed by atoms with E-state index >= 15 is 0 Å². The van der Waals surface area contributed by atoms with Gasteiger partial charge in [0.05, 0.1) is 25.2 Å². The van der Waals surface area contributed by atoms with E-state index in [1.807, 2.05) is 38.1 Å². The molecule has 6 heteroatoms. The van der Waals surface area contributed by atoms with Crippen LogP contribution in [0.2, 0.25) is 0 Å². The molecular formula is C23H28BrNO4. The Bertz CT molecular complexity index is 841. The number of hydrogen-bond acceptors (Lipinski definition) is 4. The lowest BCUT2D eigenvalue weighted by Gasteiger charge is -2.38. The predicted octanol–water partition coefficient (Wildman–Crippen LogP) is 5.13. The first-order chi connectivity index (χ1) is 14.0. The minimum Gasteiger partial charge on any atom is -0.490 e. The van der Waals surface area contributed by atoms with Crippen LogP contribution in [0.25, 0.3) is 0 Å². The Kier molecular flexibility index (Phi) is 7.56. The summed E-state index contributed by atoms with van der Waals surface area (Å²) in [4.78, 5) is 13.9. The van der Waals surface area contributed by atoms with Crippen LogP contribution < -0.4 is 9.47 Å². The van der Waals surface area contributed by atoms with Crippen LogP contribution in [0, 0.1) is 5.92 Å². The number of benzene rings is 2. The van der Waals surface area contributed by atoms with Crippen molar-refractivity contribution in [1.82, 2.24) is 4.90 Å². The second-order valence-electron chi connectivity index (χ2n) is 7.20. The fraction of sp³-hybridized carbons (Fsp3) is 0.435. The van der Waals surface area contributed by atoms with Gasteiger partial charge >= 0.3 is 5.97 Å². The highest BCUT2D eigenvalue weighted by atomic mass is 79.9. The number of piperidine rings is 1. The van der Waals surface area contributed by atoms with Gasteiger partial charge in [-0.25, -0.2) is 0 Å². The molecule has 1 aliphatic rings. The van der Waals surface area contributed by atoms with E-state index in [1.54, 1.807) is 0 Å². The van der Waals surface area contributed by atoms with Gasteiger partial charge in [-0.15, -0.1) is 0 Å². The zero-order valence-corrected chi connectivity index (χ0v) is 18.5. The Balaban J connectivity index is 2.03. The number of carbonyl (C=O) groups is 1. The lowest BCUT2D eigenvalue weighted by molar-refractivity contribution is -0.143. The molecule has 1 fully saturated rings. The van der Waals surface area contributed by atoms with Crippen molar-refractivity contribution < 1.29 is 19.4 Å². The van der Waals surface area contributed by atoms with Gasteiger partial charge in [-0.05, 0) is 68.6 Å². The lowest BCUT2D eigenvalue weighted by Crippen LogP contribution is -2.41. The molecule has 0 spiro atoms. The molecule has 0 saturated carbocycles. The third-order valence-corrected chi connectivity index (χ3v) is 5.71. The maximum absolute atomic E-state index is 11.6. The largest absolute Gasteiger partial charge is 0.490 e. The number of ether oxygens (including phenoxy) is 2. The molecule has 2 aromatic carbocycles. The molecule has 1 heterocycles. The summed E-state index contributed by atoms with van der Waals surface area (Å²) in [6.45, 7) is 6.42. The second-order valence-corrected chi connectivity index (χ2v) is 8.12. The third-order valence-electron chi connectivity index (χ3n) is 5.21. The van der Waals surface area contributed by atoms with E-state index in [1.165, 1.54) is 0 Å². The van der Waals surface area contributed by atoms with E-state index in [0.717, 1.165) is 46.5 Å². The van der Waals surface area contributed by atoms with Crippen molar-refractivity contribution in [2.24, 2.45) is 5.92 Å². The molecule has 0 aromatic heterocycles. The monoisotopic (exact) mass is 461 g/mol. The van der Waals surface area contributed by atoms with E-state index < -0.39 is 5.97 Å². The number of carboxylic acids is 1. The van der Waals surface area contributed by atoms with Crippen LogP contribution in [-0.4, -0.2) is 42.3 Å². The Hall–Kier alpha value is -2.05. The molecule has 2 aromatic rings. The third kappa shape index (κ3) is 5.31. The molecule has 0 radical (unpaired) electrons. The summed E-state index contributed by atoms with van der Waals surface area (Å²) in [5.41, 5.74) is 2.19. The van der Waals surface area contributed by atoms with E-state index in [4.69, 9.17) is 9.47 Å². The molecule has 0 bridgehead atoms. The van der Waals surface area contributed by atoms with Crippen molar-refractivity contribution in [2.75, 3.05) is 26.3 Å². The van der Waals surface area contributed by atoms with Crippen molar-refractivity contribution in [1.29, 1.82) is 0 Å². The van der Waals surface area contributed by atoms with Gasteiger partial charge in [0.15, 0.2) is 11.5 Å². The Morgan fingerprint density at radius 1 is 1.14 bits per heavy atom. The number of hydrogen-bond donors (Lipinski definition) is 1. The standard InChI is InChI=1S/C23H28BrNO4/c1-3-28-20-11-10-17(14-21(20)29-4-2)22(16-7-5-9-19(24)13-16)25-12-6-8-18(15-25)23(26)27/h5,7,9-11,13-14,18,22H,3-4,6,8,12,15H2,1-2H3,(H,26,27). The van der Waals surface area contributed by atoms with Gasteiger partial charge < -0.3 is 14.6 Å². The number of aliphatic carboxylic acids is 1. The van der Waals surface area contributed by atoms with Crippen LogP contribution in [0.1, 0.15) is 43.9 Å². The van der Waals surface area contributed by atoms with Crippen LogP contribution in [0.4, 0.5) is 0 Å². The molecule has 2 unspecified atom stereocenters. The van der Waals surface area contributed by atoms with Crippen molar-refractivity contribution in [3.8, 4) is 11.5 Å². The van der Waals surface area contributed by atoms with Gasteiger partial charge in [0.1, 0.15) is 0 Å². The van der Waals surface area contributed by atoms with Gasteiger partial charge in [0.25, 0.3) is 0 Å².